The number of benzene rings is 1. The van der Waals surface area contributed by atoms with E-state index < -0.39 is 0 Å². The molecule has 6 heteroatoms. The van der Waals surface area contributed by atoms with Gasteiger partial charge in [-0.3, -0.25) is 0 Å². The normalized spacial score (nSPS) is 40.1. The van der Waals surface area contributed by atoms with Crippen LogP contribution in [0.1, 0.15) is 77.2 Å². The van der Waals surface area contributed by atoms with E-state index in [0.717, 1.165) is 49.0 Å². The summed E-state index contributed by atoms with van der Waals surface area (Å²) in [6, 6.07) is 4.17. The van der Waals surface area contributed by atoms with Gasteiger partial charge in [0.05, 0.1) is 40.1 Å². The standard InChI is InChI=1S/C32H45NO5/c1-31-13-10-21(34)18-20(31)6-7-22-23-8-9-25(32(23,2)14-11-24(22)31)26-12-15-38-30(33-26)19-16-27(35-3)29(37-5)28(17-19)36-4/h6,16-17,21-26,34H,7-15,18H2,1-5H3/t21-,22-,23-,24-,25+,26?,31-,32-/m0/s1. The van der Waals surface area contributed by atoms with Gasteiger partial charge in [-0.05, 0) is 98.0 Å². The molecule has 6 rings (SSSR count). The van der Waals surface area contributed by atoms with Crippen LogP contribution in [0.15, 0.2) is 28.8 Å². The second-order valence-corrected chi connectivity index (χ2v) is 12.9. The van der Waals surface area contributed by atoms with Crippen molar-refractivity contribution in [3.63, 3.8) is 0 Å². The molecule has 0 spiro atoms. The number of hydrogen-bond donors (Lipinski definition) is 1. The molecule has 38 heavy (non-hydrogen) atoms. The van der Waals surface area contributed by atoms with E-state index in [1.165, 1.54) is 32.1 Å². The third-order valence-corrected chi connectivity index (χ3v) is 11.5. The van der Waals surface area contributed by atoms with E-state index in [1.54, 1.807) is 26.9 Å². The minimum absolute atomic E-state index is 0.137. The first-order valence-electron chi connectivity index (χ1n) is 14.7. The van der Waals surface area contributed by atoms with Crippen molar-refractivity contribution in [2.45, 2.75) is 83.8 Å². The molecule has 1 aromatic carbocycles. The molecule has 4 aliphatic carbocycles. The maximum atomic E-state index is 10.3. The van der Waals surface area contributed by atoms with Gasteiger partial charge in [0.2, 0.25) is 11.6 Å². The topological polar surface area (TPSA) is 69.5 Å². The Kier molecular flexibility index (Phi) is 6.69. The van der Waals surface area contributed by atoms with Crippen LogP contribution in [0.3, 0.4) is 0 Å². The van der Waals surface area contributed by atoms with Crippen LogP contribution >= 0.6 is 0 Å². The summed E-state index contributed by atoms with van der Waals surface area (Å²) in [5.41, 5.74) is 3.05. The highest BCUT2D eigenvalue weighted by molar-refractivity contribution is 5.96. The number of rotatable bonds is 5. The number of ether oxygens (including phenoxy) is 4. The summed E-state index contributed by atoms with van der Waals surface area (Å²) < 4.78 is 22.8. The van der Waals surface area contributed by atoms with E-state index in [1.807, 2.05) is 12.1 Å². The zero-order chi connectivity index (χ0) is 26.7. The minimum atomic E-state index is -0.137. The van der Waals surface area contributed by atoms with Gasteiger partial charge in [-0.15, -0.1) is 0 Å². The maximum absolute atomic E-state index is 10.3. The second kappa shape index (κ2) is 9.76. The van der Waals surface area contributed by atoms with Gasteiger partial charge in [-0.1, -0.05) is 25.5 Å². The van der Waals surface area contributed by atoms with E-state index in [4.69, 9.17) is 23.9 Å². The Hall–Kier alpha value is -2.21. The first kappa shape index (κ1) is 26.0. The zero-order valence-corrected chi connectivity index (χ0v) is 23.8. The van der Waals surface area contributed by atoms with Gasteiger partial charge in [0, 0.05) is 12.0 Å². The highest BCUT2D eigenvalue weighted by Gasteiger charge is 2.59. The molecular weight excluding hydrogens is 478 g/mol. The monoisotopic (exact) mass is 523 g/mol. The summed E-state index contributed by atoms with van der Waals surface area (Å²) in [6.07, 6.45) is 12.8. The molecule has 1 aliphatic heterocycles. The lowest BCUT2D eigenvalue weighted by Crippen LogP contribution is -2.51. The number of nitrogens with zero attached hydrogens (tertiary/aromatic N) is 1. The van der Waals surface area contributed by atoms with Crippen LogP contribution < -0.4 is 14.2 Å². The van der Waals surface area contributed by atoms with Crippen LogP contribution in [0.4, 0.5) is 0 Å². The van der Waals surface area contributed by atoms with Crippen molar-refractivity contribution in [2.75, 3.05) is 27.9 Å². The van der Waals surface area contributed by atoms with Gasteiger partial charge in [0.1, 0.15) is 0 Å². The molecule has 5 aliphatic rings. The fraction of sp³-hybridized carbons (Fsp3) is 0.719. The number of fused-ring (bicyclic) bond motifs is 5. The number of aliphatic hydroxyl groups is 1. The Morgan fingerprint density at radius 1 is 0.895 bits per heavy atom. The molecule has 0 bridgehead atoms. The number of methoxy groups -OCH3 is 3. The maximum Gasteiger partial charge on any atom is 0.216 e. The highest BCUT2D eigenvalue weighted by Crippen LogP contribution is 2.67. The summed E-state index contributed by atoms with van der Waals surface area (Å²) in [7, 11) is 4.91. The number of hydrogen-bond acceptors (Lipinski definition) is 6. The van der Waals surface area contributed by atoms with Crippen molar-refractivity contribution in [3.05, 3.63) is 29.3 Å². The SMILES string of the molecule is COc1cc(C2=NC([C@H]3CC[C@H]4[C@@H]5CC=C6C[C@@H](O)CC[C@]6(C)[C@H]5CC[C@]34C)CCO2)cc(OC)c1OC. The molecule has 0 amide bonds. The number of aliphatic hydroxyl groups excluding tert-OH is 1. The fourth-order valence-electron chi connectivity index (χ4n) is 9.50. The summed E-state index contributed by atoms with van der Waals surface area (Å²) in [6.45, 7) is 5.79. The van der Waals surface area contributed by atoms with Crippen molar-refractivity contribution in [1.29, 1.82) is 0 Å². The Bertz CT molecular complexity index is 1100. The van der Waals surface area contributed by atoms with Crippen molar-refractivity contribution in [2.24, 2.45) is 39.5 Å². The van der Waals surface area contributed by atoms with Gasteiger partial charge < -0.3 is 24.1 Å². The summed E-state index contributed by atoms with van der Waals surface area (Å²) in [5, 5.41) is 10.3. The summed E-state index contributed by atoms with van der Waals surface area (Å²) in [5.74, 6) is 5.39. The van der Waals surface area contributed by atoms with Gasteiger partial charge >= 0.3 is 0 Å². The third kappa shape index (κ3) is 3.96. The van der Waals surface area contributed by atoms with Gasteiger partial charge in [0.15, 0.2) is 11.5 Å². The van der Waals surface area contributed by atoms with Crippen molar-refractivity contribution in [1.82, 2.24) is 0 Å². The first-order valence-corrected chi connectivity index (χ1v) is 14.7. The Balaban J connectivity index is 1.27. The predicted molar refractivity (Wildman–Crippen MR) is 148 cm³/mol. The Morgan fingerprint density at radius 3 is 2.34 bits per heavy atom. The molecule has 0 saturated heterocycles. The smallest absolute Gasteiger partial charge is 0.216 e. The Labute approximate surface area is 227 Å². The molecule has 3 fully saturated rings. The van der Waals surface area contributed by atoms with E-state index >= 15 is 0 Å². The Morgan fingerprint density at radius 2 is 1.63 bits per heavy atom. The first-order chi connectivity index (χ1) is 18.3. The quantitative estimate of drug-likeness (QED) is 0.466. The second-order valence-electron chi connectivity index (χ2n) is 12.9. The number of allylic oxidation sites excluding steroid dienone is 1. The van der Waals surface area contributed by atoms with Crippen LogP contribution in [0.2, 0.25) is 0 Å². The molecule has 1 N–H and O–H groups in total. The van der Waals surface area contributed by atoms with Crippen molar-refractivity contribution < 1.29 is 24.1 Å². The fourth-order valence-corrected chi connectivity index (χ4v) is 9.50. The van der Waals surface area contributed by atoms with Crippen LogP contribution in [0.5, 0.6) is 17.2 Å². The molecule has 0 radical (unpaired) electrons. The lowest BCUT2D eigenvalue weighted by Gasteiger charge is -2.58. The molecular formula is C32H45NO5. The van der Waals surface area contributed by atoms with Gasteiger partial charge in [0.25, 0.3) is 0 Å². The van der Waals surface area contributed by atoms with Crippen LogP contribution in [-0.2, 0) is 4.74 Å². The molecule has 3 saturated carbocycles. The third-order valence-electron chi connectivity index (χ3n) is 11.5. The molecule has 1 unspecified atom stereocenters. The van der Waals surface area contributed by atoms with Gasteiger partial charge in [-0.25, -0.2) is 4.99 Å². The van der Waals surface area contributed by atoms with E-state index in [2.05, 4.69) is 19.9 Å². The van der Waals surface area contributed by atoms with Gasteiger partial charge in [-0.2, -0.15) is 0 Å². The van der Waals surface area contributed by atoms with E-state index in [0.29, 0.717) is 41.1 Å². The van der Waals surface area contributed by atoms with Crippen LogP contribution in [0.25, 0.3) is 0 Å². The van der Waals surface area contributed by atoms with E-state index in [-0.39, 0.29) is 17.6 Å². The van der Waals surface area contributed by atoms with E-state index in [9.17, 15) is 5.11 Å². The lowest BCUT2D eigenvalue weighted by molar-refractivity contribution is -0.0539. The molecule has 0 aromatic heterocycles. The van der Waals surface area contributed by atoms with Crippen LogP contribution in [0, 0.1) is 34.5 Å². The summed E-state index contributed by atoms with van der Waals surface area (Å²) in [4.78, 5) is 5.27. The molecule has 1 aromatic rings. The summed E-state index contributed by atoms with van der Waals surface area (Å²) >= 11 is 0. The molecule has 6 nitrogen and oxygen atoms in total. The molecule has 1 heterocycles. The van der Waals surface area contributed by atoms with Crippen LogP contribution in [-0.4, -0.2) is 51.1 Å². The predicted octanol–water partition coefficient (Wildman–Crippen LogP) is 6.19. The zero-order valence-electron chi connectivity index (χ0n) is 23.8. The molecule has 8 atom stereocenters. The lowest BCUT2D eigenvalue weighted by atomic mass is 9.47. The average molecular weight is 524 g/mol. The average Bonchev–Trinajstić information content (AvgIpc) is 3.29. The largest absolute Gasteiger partial charge is 0.493 e. The van der Waals surface area contributed by atoms with Crippen molar-refractivity contribution >= 4 is 5.90 Å². The molecule has 208 valence electrons. The highest BCUT2D eigenvalue weighted by atomic mass is 16.5. The minimum Gasteiger partial charge on any atom is -0.493 e. The van der Waals surface area contributed by atoms with Crippen molar-refractivity contribution in [3.8, 4) is 17.2 Å². The number of aliphatic imine (C=N–C) groups is 1.